The van der Waals surface area contributed by atoms with Gasteiger partial charge >= 0.3 is 6.18 Å². The summed E-state index contributed by atoms with van der Waals surface area (Å²) in [7, 11) is 1.76. The minimum atomic E-state index is -4.45. The van der Waals surface area contributed by atoms with E-state index in [1.807, 2.05) is 0 Å². The fourth-order valence-electron chi connectivity index (χ4n) is 1.61. The highest BCUT2D eigenvalue weighted by Crippen LogP contribution is 2.36. The van der Waals surface area contributed by atoms with Gasteiger partial charge in [-0.1, -0.05) is 12.1 Å². The predicted octanol–water partition coefficient (Wildman–Crippen LogP) is 2.52. The van der Waals surface area contributed by atoms with Crippen molar-refractivity contribution in [2.75, 3.05) is 13.6 Å². The molecule has 0 unspecified atom stereocenters. The summed E-state index contributed by atoms with van der Waals surface area (Å²) in [6.07, 6.45) is -3.98. The van der Waals surface area contributed by atoms with Crippen molar-refractivity contribution < 1.29 is 17.6 Å². The summed E-state index contributed by atoms with van der Waals surface area (Å²) in [5.74, 6) is 0.195. The number of benzene rings is 1. The van der Waals surface area contributed by atoms with Gasteiger partial charge in [0.1, 0.15) is 0 Å². The number of likely N-dealkylation sites (N-methyl/N-ethyl adjacent to an activating group) is 1. The SMILES string of the molecule is CNCCc1nnc(-c2ccccc2C(F)(F)F)o1. The van der Waals surface area contributed by atoms with E-state index in [0.29, 0.717) is 18.9 Å². The van der Waals surface area contributed by atoms with Crippen LogP contribution in [0.15, 0.2) is 28.7 Å². The molecule has 0 aliphatic rings. The molecule has 1 aromatic heterocycles. The molecule has 1 heterocycles. The van der Waals surface area contributed by atoms with E-state index in [4.69, 9.17) is 4.42 Å². The van der Waals surface area contributed by atoms with Gasteiger partial charge in [-0.3, -0.25) is 0 Å². The maximum atomic E-state index is 12.8. The number of nitrogens with one attached hydrogen (secondary N) is 1. The maximum Gasteiger partial charge on any atom is 0.417 e. The van der Waals surface area contributed by atoms with Crippen molar-refractivity contribution in [3.05, 3.63) is 35.7 Å². The van der Waals surface area contributed by atoms with Gasteiger partial charge < -0.3 is 9.73 Å². The third kappa shape index (κ3) is 3.11. The topological polar surface area (TPSA) is 51.0 Å². The minimum absolute atomic E-state index is 0.0989. The van der Waals surface area contributed by atoms with Crippen molar-refractivity contribution in [2.24, 2.45) is 0 Å². The summed E-state index contributed by atoms with van der Waals surface area (Å²) >= 11 is 0. The van der Waals surface area contributed by atoms with Crippen LogP contribution in [0.1, 0.15) is 11.5 Å². The van der Waals surface area contributed by atoms with E-state index in [0.717, 1.165) is 6.07 Å². The lowest BCUT2D eigenvalue weighted by Crippen LogP contribution is -2.10. The molecule has 0 radical (unpaired) electrons. The van der Waals surface area contributed by atoms with E-state index in [9.17, 15) is 13.2 Å². The predicted molar refractivity (Wildman–Crippen MR) is 62.4 cm³/mol. The van der Waals surface area contributed by atoms with Gasteiger partial charge in [-0.2, -0.15) is 13.2 Å². The number of hydrogen-bond donors (Lipinski definition) is 1. The van der Waals surface area contributed by atoms with Gasteiger partial charge in [0.25, 0.3) is 0 Å². The number of rotatable bonds is 4. The lowest BCUT2D eigenvalue weighted by Gasteiger charge is -2.09. The standard InChI is InChI=1S/C12H12F3N3O/c1-16-7-6-10-17-18-11(19-10)8-4-2-3-5-9(8)12(13,14)15/h2-5,16H,6-7H2,1H3. The Morgan fingerprint density at radius 2 is 1.95 bits per heavy atom. The highest BCUT2D eigenvalue weighted by molar-refractivity contribution is 5.59. The van der Waals surface area contributed by atoms with Gasteiger partial charge in [0.05, 0.1) is 11.1 Å². The van der Waals surface area contributed by atoms with E-state index in [2.05, 4.69) is 15.5 Å². The van der Waals surface area contributed by atoms with E-state index in [-0.39, 0.29) is 11.5 Å². The molecule has 2 rings (SSSR count). The van der Waals surface area contributed by atoms with Crippen molar-refractivity contribution in [2.45, 2.75) is 12.6 Å². The second-order valence-electron chi connectivity index (χ2n) is 3.90. The number of hydrogen-bond acceptors (Lipinski definition) is 4. The molecule has 0 fully saturated rings. The van der Waals surface area contributed by atoms with Crippen LogP contribution in [0.3, 0.4) is 0 Å². The van der Waals surface area contributed by atoms with Crippen molar-refractivity contribution in [3.63, 3.8) is 0 Å². The molecule has 102 valence electrons. The third-order valence-corrected chi connectivity index (χ3v) is 2.52. The quantitative estimate of drug-likeness (QED) is 0.928. The molecule has 0 aliphatic heterocycles. The lowest BCUT2D eigenvalue weighted by molar-refractivity contribution is -0.137. The molecule has 4 nitrogen and oxygen atoms in total. The first kappa shape index (κ1) is 13.5. The molecular formula is C12H12F3N3O. The van der Waals surface area contributed by atoms with Crippen LogP contribution in [0.25, 0.3) is 11.5 Å². The highest BCUT2D eigenvalue weighted by Gasteiger charge is 2.34. The van der Waals surface area contributed by atoms with Crippen LogP contribution >= 0.6 is 0 Å². The van der Waals surface area contributed by atoms with Gasteiger partial charge in [0.2, 0.25) is 11.8 Å². The van der Waals surface area contributed by atoms with E-state index >= 15 is 0 Å². The Morgan fingerprint density at radius 1 is 1.21 bits per heavy atom. The van der Waals surface area contributed by atoms with Gasteiger partial charge in [-0.25, -0.2) is 0 Å². The first-order valence-corrected chi connectivity index (χ1v) is 5.66. The summed E-state index contributed by atoms with van der Waals surface area (Å²) in [6.45, 7) is 0.614. The fraction of sp³-hybridized carbons (Fsp3) is 0.333. The summed E-state index contributed by atoms with van der Waals surface area (Å²) in [5.41, 5.74) is -0.878. The van der Waals surface area contributed by atoms with Crippen LogP contribution in [0.5, 0.6) is 0 Å². The third-order valence-electron chi connectivity index (χ3n) is 2.52. The van der Waals surface area contributed by atoms with Gasteiger partial charge in [0.15, 0.2) is 0 Å². The normalized spacial score (nSPS) is 11.8. The minimum Gasteiger partial charge on any atom is -0.421 e. The van der Waals surface area contributed by atoms with Crippen LogP contribution < -0.4 is 5.32 Å². The molecule has 2 aromatic rings. The molecule has 0 saturated carbocycles. The van der Waals surface area contributed by atoms with E-state index in [1.165, 1.54) is 18.2 Å². The Balaban J connectivity index is 2.34. The number of halogens is 3. The second kappa shape index (κ2) is 5.40. The van der Waals surface area contributed by atoms with Gasteiger partial charge in [-0.05, 0) is 19.2 Å². The zero-order valence-electron chi connectivity index (χ0n) is 10.2. The fourth-order valence-corrected chi connectivity index (χ4v) is 1.61. The van der Waals surface area contributed by atoms with Crippen LogP contribution in [-0.4, -0.2) is 23.8 Å². The molecular weight excluding hydrogens is 259 g/mol. The van der Waals surface area contributed by atoms with Crippen LogP contribution in [0.4, 0.5) is 13.2 Å². The summed E-state index contributed by atoms with van der Waals surface area (Å²) < 4.78 is 43.8. The summed E-state index contributed by atoms with van der Waals surface area (Å²) in [5, 5.41) is 10.3. The van der Waals surface area contributed by atoms with Gasteiger partial charge in [0, 0.05) is 13.0 Å². The molecule has 0 saturated heterocycles. The van der Waals surface area contributed by atoms with Crippen molar-refractivity contribution in [3.8, 4) is 11.5 Å². The average Bonchev–Trinajstić information content (AvgIpc) is 2.84. The largest absolute Gasteiger partial charge is 0.421 e. The Bertz CT molecular complexity index is 551. The molecule has 0 bridgehead atoms. The zero-order chi connectivity index (χ0) is 13.9. The molecule has 1 aromatic carbocycles. The Kier molecular flexibility index (Phi) is 3.84. The molecule has 0 spiro atoms. The molecule has 7 heteroatoms. The number of aromatic nitrogens is 2. The number of alkyl halides is 3. The van der Waals surface area contributed by atoms with Gasteiger partial charge in [-0.15, -0.1) is 10.2 Å². The van der Waals surface area contributed by atoms with E-state index in [1.54, 1.807) is 7.05 Å². The lowest BCUT2D eigenvalue weighted by atomic mass is 10.1. The van der Waals surface area contributed by atoms with Crippen LogP contribution in [0, 0.1) is 0 Å². The van der Waals surface area contributed by atoms with Crippen LogP contribution in [-0.2, 0) is 12.6 Å². The summed E-state index contributed by atoms with van der Waals surface area (Å²) in [4.78, 5) is 0. The molecule has 0 atom stereocenters. The van der Waals surface area contributed by atoms with Crippen molar-refractivity contribution in [1.82, 2.24) is 15.5 Å². The Morgan fingerprint density at radius 3 is 2.63 bits per heavy atom. The Labute approximate surface area is 107 Å². The molecule has 0 aliphatic carbocycles. The number of nitrogens with zero attached hydrogens (tertiary/aromatic N) is 2. The molecule has 0 amide bonds. The Hall–Kier alpha value is -1.89. The first-order chi connectivity index (χ1) is 9.02. The molecule has 19 heavy (non-hydrogen) atoms. The smallest absolute Gasteiger partial charge is 0.417 e. The zero-order valence-corrected chi connectivity index (χ0v) is 10.2. The first-order valence-electron chi connectivity index (χ1n) is 5.66. The molecule has 1 N–H and O–H groups in total. The highest BCUT2D eigenvalue weighted by atomic mass is 19.4. The van der Waals surface area contributed by atoms with Crippen LogP contribution in [0.2, 0.25) is 0 Å². The van der Waals surface area contributed by atoms with Crippen molar-refractivity contribution >= 4 is 0 Å². The average molecular weight is 271 g/mol. The maximum absolute atomic E-state index is 12.8. The second-order valence-corrected chi connectivity index (χ2v) is 3.90. The van der Waals surface area contributed by atoms with E-state index < -0.39 is 11.7 Å². The summed E-state index contributed by atoms with van der Waals surface area (Å²) in [6, 6.07) is 5.14. The monoisotopic (exact) mass is 271 g/mol. The van der Waals surface area contributed by atoms with Crippen molar-refractivity contribution in [1.29, 1.82) is 0 Å².